The maximum Gasteiger partial charge on any atom is 0.162 e. The summed E-state index contributed by atoms with van der Waals surface area (Å²) in [5.41, 5.74) is 2.98. The van der Waals surface area contributed by atoms with Crippen molar-refractivity contribution in [3.63, 3.8) is 0 Å². The lowest BCUT2D eigenvalue weighted by atomic mass is 10.1. The number of piperazine rings is 1. The number of hydrogen-bond acceptors (Lipinski definition) is 9. The second-order valence-electron chi connectivity index (χ2n) is 8.71. The second kappa shape index (κ2) is 9.55. The molecule has 0 bridgehead atoms. The van der Waals surface area contributed by atoms with Crippen LogP contribution in [0.15, 0.2) is 30.5 Å². The van der Waals surface area contributed by atoms with Crippen LogP contribution in [0.5, 0.6) is 0 Å². The Morgan fingerprint density at radius 3 is 2.76 bits per heavy atom. The van der Waals surface area contributed by atoms with Crippen LogP contribution < -0.4 is 4.90 Å². The van der Waals surface area contributed by atoms with E-state index in [0.717, 1.165) is 84.1 Å². The van der Waals surface area contributed by atoms with Crippen molar-refractivity contribution in [1.82, 2.24) is 30.0 Å². The van der Waals surface area contributed by atoms with Crippen molar-refractivity contribution in [3.8, 4) is 11.4 Å². The zero-order valence-corrected chi connectivity index (χ0v) is 19.8. The van der Waals surface area contributed by atoms with Gasteiger partial charge in [-0.25, -0.2) is 9.97 Å². The van der Waals surface area contributed by atoms with Crippen LogP contribution in [0.25, 0.3) is 32.5 Å². The number of anilines is 1. The Bertz CT molecular complexity index is 1280. The van der Waals surface area contributed by atoms with Gasteiger partial charge in [0, 0.05) is 61.6 Å². The van der Waals surface area contributed by atoms with Gasteiger partial charge in [-0.15, -0.1) is 11.3 Å². The van der Waals surface area contributed by atoms with Crippen molar-refractivity contribution in [2.24, 2.45) is 0 Å². The van der Waals surface area contributed by atoms with Crippen LogP contribution in [0, 0.1) is 6.54 Å². The fourth-order valence-corrected chi connectivity index (χ4v) is 5.91. The van der Waals surface area contributed by atoms with Gasteiger partial charge >= 0.3 is 0 Å². The third-order valence-corrected chi connectivity index (χ3v) is 7.67. The molecule has 10 heteroatoms. The van der Waals surface area contributed by atoms with E-state index < -0.39 is 0 Å². The average Bonchev–Trinajstić information content (AvgIpc) is 3.52. The molecule has 2 saturated heterocycles. The molecule has 0 aliphatic carbocycles. The molecule has 3 aromatic heterocycles. The number of rotatable bonds is 6. The first kappa shape index (κ1) is 21.9. The van der Waals surface area contributed by atoms with Gasteiger partial charge in [-0.3, -0.25) is 14.9 Å². The van der Waals surface area contributed by atoms with Gasteiger partial charge < -0.3 is 14.7 Å². The Kier molecular flexibility index (Phi) is 6.15. The quantitative estimate of drug-likeness (QED) is 0.436. The van der Waals surface area contributed by atoms with Crippen LogP contribution in [-0.4, -0.2) is 94.2 Å². The van der Waals surface area contributed by atoms with E-state index in [-0.39, 0.29) is 6.61 Å². The van der Waals surface area contributed by atoms with Crippen LogP contribution in [0.1, 0.15) is 4.88 Å². The largest absolute Gasteiger partial charge is 0.395 e. The first-order chi connectivity index (χ1) is 16.8. The smallest absolute Gasteiger partial charge is 0.162 e. The predicted octanol–water partition coefficient (Wildman–Crippen LogP) is 2.34. The minimum absolute atomic E-state index is 0.105. The Hall–Kier alpha value is -2.63. The number of aliphatic hydroxyl groups is 1. The highest BCUT2D eigenvalue weighted by Crippen LogP contribution is 2.36. The van der Waals surface area contributed by atoms with E-state index in [0.29, 0.717) is 13.2 Å². The number of aliphatic hydroxyl groups excluding tert-OH is 1. The summed E-state index contributed by atoms with van der Waals surface area (Å²) in [4.78, 5) is 18.4. The maximum atomic E-state index is 9.15. The van der Waals surface area contributed by atoms with Gasteiger partial charge in [-0.1, -0.05) is 12.1 Å². The third kappa shape index (κ3) is 4.27. The Labute approximate surface area is 202 Å². The highest BCUT2D eigenvalue weighted by molar-refractivity contribution is 7.19. The highest BCUT2D eigenvalue weighted by Gasteiger charge is 2.22. The molecule has 2 N–H and O–H groups in total. The number of nitrogens with one attached hydrogen (secondary N) is 1. The first-order valence-electron chi connectivity index (χ1n) is 11.7. The van der Waals surface area contributed by atoms with Gasteiger partial charge in [0.25, 0.3) is 0 Å². The van der Waals surface area contributed by atoms with Gasteiger partial charge in [0.1, 0.15) is 0 Å². The van der Waals surface area contributed by atoms with Crippen LogP contribution in [0.3, 0.4) is 0 Å². The minimum atomic E-state index is 0.105. The molecule has 1 radical (unpaired) electrons. The zero-order chi connectivity index (χ0) is 22.9. The average molecular weight is 479 g/mol. The molecular formula is C24H28N7O2S. The lowest BCUT2D eigenvalue weighted by Crippen LogP contribution is -2.44. The number of hydrogen-bond donors (Lipinski definition) is 2. The Morgan fingerprint density at radius 2 is 1.94 bits per heavy atom. The maximum absolute atomic E-state index is 9.15. The molecule has 4 aromatic rings. The van der Waals surface area contributed by atoms with Gasteiger partial charge in [-0.2, -0.15) is 5.10 Å². The molecular weight excluding hydrogens is 450 g/mol. The van der Waals surface area contributed by atoms with E-state index >= 15 is 0 Å². The summed E-state index contributed by atoms with van der Waals surface area (Å²) in [6.45, 7) is 9.85. The first-order valence-corrected chi connectivity index (χ1v) is 12.6. The van der Waals surface area contributed by atoms with Crippen molar-refractivity contribution in [1.29, 1.82) is 0 Å². The number of fused-ring (bicyclic) bond motifs is 2. The monoisotopic (exact) mass is 478 g/mol. The molecule has 0 amide bonds. The molecule has 0 spiro atoms. The summed E-state index contributed by atoms with van der Waals surface area (Å²) in [5.74, 6) is 1.74. The second-order valence-corrected chi connectivity index (χ2v) is 9.85. The SMILES string of the molecule is OC[CH]N1CCN(Cc2cc3nc(-c4cccc5[nH]ncc45)nc(N4CCOCC4)c3s2)CC1. The molecule has 2 fully saturated rings. The Balaban J connectivity index is 1.35. The number of aromatic amines is 1. The number of aromatic nitrogens is 4. The van der Waals surface area contributed by atoms with E-state index in [1.54, 1.807) is 11.3 Å². The number of nitrogens with zero attached hydrogens (tertiary/aromatic N) is 6. The van der Waals surface area contributed by atoms with Crippen molar-refractivity contribution in [3.05, 3.63) is 41.9 Å². The summed E-state index contributed by atoms with van der Waals surface area (Å²) in [7, 11) is 0. The molecule has 0 atom stereocenters. The minimum Gasteiger partial charge on any atom is -0.395 e. The van der Waals surface area contributed by atoms with Crippen LogP contribution >= 0.6 is 11.3 Å². The van der Waals surface area contributed by atoms with Gasteiger partial charge in [0.2, 0.25) is 0 Å². The summed E-state index contributed by atoms with van der Waals surface area (Å²) in [6.07, 6.45) is 1.85. The normalized spacial score (nSPS) is 18.3. The van der Waals surface area contributed by atoms with Gasteiger partial charge in [0.15, 0.2) is 11.6 Å². The van der Waals surface area contributed by atoms with E-state index in [1.165, 1.54) is 4.88 Å². The molecule has 2 aliphatic rings. The third-order valence-electron chi connectivity index (χ3n) is 6.57. The summed E-state index contributed by atoms with van der Waals surface area (Å²) < 4.78 is 6.75. The highest BCUT2D eigenvalue weighted by atomic mass is 32.1. The van der Waals surface area contributed by atoms with E-state index in [1.807, 2.05) is 24.9 Å². The molecule has 177 valence electrons. The fraction of sp³-hybridized carbons (Fsp3) is 0.417. The van der Waals surface area contributed by atoms with Crippen molar-refractivity contribution in [2.75, 3.05) is 64.0 Å². The molecule has 6 rings (SSSR count). The van der Waals surface area contributed by atoms with Crippen LogP contribution in [0.2, 0.25) is 0 Å². The molecule has 1 aromatic carbocycles. The van der Waals surface area contributed by atoms with E-state index in [2.05, 4.69) is 37.0 Å². The number of H-pyrrole nitrogens is 1. The molecule has 0 saturated carbocycles. The van der Waals surface area contributed by atoms with Crippen LogP contribution in [-0.2, 0) is 11.3 Å². The molecule has 2 aliphatic heterocycles. The lowest BCUT2D eigenvalue weighted by molar-refractivity contribution is 0.122. The predicted molar refractivity (Wildman–Crippen MR) is 134 cm³/mol. The number of thiophene rings is 1. The number of ether oxygens (including phenoxy) is 1. The van der Waals surface area contributed by atoms with Crippen molar-refractivity contribution in [2.45, 2.75) is 6.54 Å². The number of benzene rings is 1. The summed E-state index contributed by atoms with van der Waals surface area (Å²) >= 11 is 1.80. The summed E-state index contributed by atoms with van der Waals surface area (Å²) in [5, 5.41) is 17.4. The Morgan fingerprint density at radius 1 is 1.09 bits per heavy atom. The van der Waals surface area contributed by atoms with Crippen molar-refractivity contribution >= 4 is 38.3 Å². The van der Waals surface area contributed by atoms with Crippen molar-refractivity contribution < 1.29 is 9.84 Å². The molecule has 9 nitrogen and oxygen atoms in total. The topological polar surface area (TPSA) is 93.6 Å². The summed E-state index contributed by atoms with van der Waals surface area (Å²) in [6, 6.07) is 8.34. The molecule has 5 heterocycles. The fourth-order valence-electron chi connectivity index (χ4n) is 4.76. The van der Waals surface area contributed by atoms with E-state index in [4.69, 9.17) is 19.8 Å². The standard InChI is InChI=1S/C24H28N7O2S/c32-11-8-29-4-6-30(7-5-29)16-17-14-21-22(34-17)24(31-9-12-33-13-10-31)27-23(26-21)18-2-1-3-20-19(18)15-25-28-20/h1-3,8,14-15,32H,4-7,9-13,16H2,(H,25,28). The molecule has 0 unspecified atom stereocenters. The van der Waals surface area contributed by atoms with E-state index in [9.17, 15) is 0 Å². The molecule has 34 heavy (non-hydrogen) atoms. The van der Waals surface area contributed by atoms with Gasteiger partial charge in [0.05, 0.1) is 48.3 Å². The zero-order valence-electron chi connectivity index (χ0n) is 19.0. The van der Waals surface area contributed by atoms with Gasteiger partial charge in [-0.05, 0) is 12.1 Å². The van der Waals surface area contributed by atoms with Crippen LogP contribution in [0.4, 0.5) is 5.82 Å². The number of morpholine rings is 1. The lowest BCUT2D eigenvalue weighted by Gasteiger charge is -2.33.